The largest absolute Gasteiger partial charge is 0.321 e. The van der Waals surface area contributed by atoms with Gasteiger partial charge in [0.1, 0.15) is 6.67 Å². The Morgan fingerprint density at radius 2 is 1.94 bits per heavy atom. The highest BCUT2D eigenvalue weighted by Crippen LogP contribution is 2.36. The first kappa shape index (κ1) is 11.6. The van der Waals surface area contributed by atoms with Crippen LogP contribution in [0.4, 0.5) is 4.39 Å². The van der Waals surface area contributed by atoms with Crippen molar-refractivity contribution in [3.63, 3.8) is 0 Å². The number of nitrogens with two attached hydrogens (primary N) is 1. The third-order valence-corrected chi connectivity index (χ3v) is 3.74. The van der Waals surface area contributed by atoms with Gasteiger partial charge >= 0.3 is 0 Å². The first-order valence-electron chi connectivity index (χ1n) is 6.10. The highest BCUT2D eigenvalue weighted by Gasteiger charge is 2.30. The summed E-state index contributed by atoms with van der Waals surface area (Å²) < 4.78 is 12.7. The van der Waals surface area contributed by atoms with Crippen LogP contribution in [0.3, 0.4) is 0 Å². The van der Waals surface area contributed by atoms with E-state index in [1.807, 2.05) is 18.2 Å². The molecule has 0 heterocycles. The lowest BCUT2D eigenvalue weighted by Crippen LogP contribution is -2.39. The third kappa shape index (κ3) is 2.12. The number of halogens is 1. The Morgan fingerprint density at radius 1 is 1.25 bits per heavy atom. The number of hydrogen-bond donors (Lipinski definition) is 1. The van der Waals surface area contributed by atoms with Crippen molar-refractivity contribution in [2.24, 2.45) is 5.73 Å². The van der Waals surface area contributed by atoms with Gasteiger partial charge in [0.25, 0.3) is 0 Å². The van der Waals surface area contributed by atoms with Gasteiger partial charge in [-0.1, -0.05) is 37.5 Å². The number of hydrogen-bond acceptors (Lipinski definition) is 1. The molecular weight excluding hydrogens is 201 g/mol. The molecule has 0 aromatic heterocycles. The Bertz CT molecular complexity index is 367. The van der Waals surface area contributed by atoms with Gasteiger partial charge in [0.15, 0.2) is 0 Å². The number of rotatable bonds is 2. The van der Waals surface area contributed by atoms with Crippen molar-refractivity contribution in [1.29, 1.82) is 0 Å². The fourth-order valence-corrected chi connectivity index (χ4v) is 2.74. The van der Waals surface area contributed by atoms with Crippen molar-refractivity contribution in [2.45, 2.75) is 51.2 Å². The minimum Gasteiger partial charge on any atom is -0.321 e. The Balaban J connectivity index is 2.37. The van der Waals surface area contributed by atoms with Gasteiger partial charge in [-0.15, -0.1) is 0 Å². The summed E-state index contributed by atoms with van der Waals surface area (Å²) in [5.41, 5.74) is 9.36. The molecule has 1 saturated carbocycles. The van der Waals surface area contributed by atoms with Crippen LogP contribution < -0.4 is 5.73 Å². The van der Waals surface area contributed by atoms with E-state index in [4.69, 9.17) is 5.73 Å². The molecule has 1 aliphatic carbocycles. The van der Waals surface area contributed by atoms with Crippen LogP contribution in [-0.2, 0) is 12.2 Å². The third-order valence-electron chi connectivity index (χ3n) is 3.74. The van der Waals surface area contributed by atoms with Crippen molar-refractivity contribution < 1.29 is 4.39 Å². The zero-order chi connectivity index (χ0) is 11.6. The van der Waals surface area contributed by atoms with Crippen LogP contribution >= 0.6 is 0 Å². The second-order valence-electron chi connectivity index (χ2n) is 5.00. The van der Waals surface area contributed by atoms with Gasteiger partial charge < -0.3 is 5.73 Å². The number of benzene rings is 1. The summed E-state index contributed by atoms with van der Waals surface area (Å²) in [6.07, 6.45) is 5.72. The van der Waals surface area contributed by atoms with Crippen LogP contribution in [0, 0.1) is 6.92 Å². The Labute approximate surface area is 96.9 Å². The van der Waals surface area contributed by atoms with E-state index in [9.17, 15) is 4.39 Å². The second-order valence-corrected chi connectivity index (χ2v) is 5.00. The molecule has 0 unspecified atom stereocenters. The molecule has 0 spiro atoms. The maximum Gasteiger partial charge on any atom is 0.115 e. The SMILES string of the molecule is Cc1ccc(CF)cc1C1(N)CCCCC1. The highest BCUT2D eigenvalue weighted by atomic mass is 19.1. The summed E-state index contributed by atoms with van der Waals surface area (Å²) in [7, 11) is 0. The summed E-state index contributed by atoms with van der Waals surface area (Å²) >= 11 is 0. The van der Waals surface area contributed by atoms with Crippen molar-refractivity contribution in [1.82, 2.24) is 0 Å². The number of aryl methyl sites for hydroxylation is 1. The van der Waals surface area contributed by atoms with E-state index in [0.717, 1.165) is 24.0 Å². The molecular formula is C14H20FN. The maximum atomic E-state index is 12.7. The van der Waals surface area contributed by atoms with E-state index >= 15 is 0 Å². The summed E-state index contributed by atoms with van der Waals surface area (Å²) in [6.45, 7) is 1.67. The molecule has 2 rings (SSSR count). The Hall–Kier alpha value is -0.890. The zero-order valence-corrected chi connectivity index (χ0v) is 9.93. The molecule has 0 atom stereocenters. The summed E-state index contributed by atoms with van der Waals surface area (Å²) in [5, 5.41) is 0. The lowest BCUT2D eigenvalue weighted by Gasteiger charge is -2.35. The smallest absolute Gasteiger partial charge is 0.115 e. The molecule has 88 valence electrons. The van der Waals surface area contributed by atoms with E-state index < -0.39 is 6.67 Å². The van der Waals surface area contributed by atoms with E-state index in [1.54, 1.807) is 0 Å². The van der Waals surface area contributed by atoms with Gasteiger partial charge in [-0.25, -0.2) is 4.39 Å². The fraction of sp³-hybridized carbons (Fsp3) is 0.571. The molecule has 2 N–H and O–H groups in total. The molecule has 2 heteroatoms. The zero-order valence-electron chi connectivity index (χ0n) is 9.93. The van der Waals surface area contributed by atoms with Crippen molar-refractivity contribution in [2.75, 3.05) is 0 Å². The van der Waals surface area contributed by atoms with E-state index in [2.05, 4.69) is 6.92 Å². The Morgan fingerprint density at radius 3 is 2.56 bits per heavy atom. The molecule has 16 heavy (non-hydrogen) atoms. The normalized spacial score (nSPS) is 19.7. The van der Waals surface area contributed by atoms with Crippen LogP contribution in [0.25, 0.3) is 0 Å². The molecule has 1 nitrogen and oxygen atoms in total. The molecule has 1 fully saturated rings. The second kappa shape index (κ2) is 4.54. The Kier molecular flexibility index (Phi) is 3.29. The topological polar surface area (TPSA) is 26.0 Å². The van der Waals surface area contributed by atoms with Crippen LogP contribution in [0.1, 0.15) is 48.8 Å². The van der Waals surface area contributed by atoms with Gasteiger partial charge in [-0.3, -0.25) is 0 Å². The first-order chi connectivity index (χ1) is 7.65. The quantitative estimate of drug-likeness (QED) is 0.811. The monoisotopic (exact) mass is 221 g/mol. The van der Waals surface area contributed by atoms with E-state index in [-0.39, 0.29) is 5.54 Å². The first-order valence-corrected chi connectivity index (χ1v) is 6.10. The summed E-state index contributed by atoms with van der Waals surface area (Å²) in [4.78, 5) is 0. The number of alkyl halides is 1. The van der Waals surface area contributed by atoms with Crippen LogP contribution in [0.15, 0.2) is 18.2 Å². The molecule has 1 aromatic rings. The molecule has 0 radical (unpaired) electrons. The lowest BCUT2D eigenvalue weighted by molar-refractivity contribution is 0.300. The van der Waals surface area contributed by atoms with Crippen LogP contribution in [0.2, 0.25) is 0 Å². The predicted octanol–water partition coefficient (Wildman–Crippen LogP) is 3.58. The molecule has 0 aliphatic heterocycles. The highest BCUT2D eigenvalue weighted by molar-refractivity contribution is 5.36. The van der Waals surface area contributed by atoms with E-state index in [1.165, 1.54) is 24.8 Å². The minimum atomic E-state index is -0.399. The maximum absolute atomic E-state index is 12.7. The van der Waals surface area contributed by atoms with E-state index in [0.29, 0.717) is 0 Å². The molecule has 1 aliphatic rings. The van der Waals surface area contributed by atoms with Gasteiger partial charge in [0.05, 0.1) is 0 Å². The average Bonchev–Trinajstić information content (AvgIpc) is 2.30. The molecule has 1 aromatic carbocycles. The van der Waals surface area contributed by atoms with Gasteiger partial charge in [0.2, 0.25) is 0 Å². The van der Waals surface area contributed by atoms with Gasteiger partial charge in [-0.2, -0.15) is 0 Å². The molecule has 0 bridgehead atoms. The standard InChI is InChI=1S/C14H20FN/c1-11-5-6-12(10-15)9-13(11)14(16)7-3-2-4-8-14/h5-6,9H,2-4,7-8,10,16H2,1H3. The van der Waals surface area contributed by atoms with Gasteiger partial charge in [-0.05, 0) is 36.5 Å². The van der Waals surface area contributed by atoms with Crippen molar-refractivity contribution in [3.05, 3.63) is 34.9 Å². The van der Waals surface area contributed by atoms with Crippen molar-refractivity contribution in [3.8, 4) is 0 Å². The average molecular weight is 221 g/mol. The fourth-order valence-electron chi connectivity index (χ4n) is 2.74. The van der Waals surface area contributed by atoms with Crippen LogP contribution in [-0.4, -0.2) is 0 Å². The van der Waals surface area contributed by atoms with Crippen molar-refractivity contribution >= 4 is 0 Å². The summed E-state index contributed by atoms with van der Waals surface area (Å²) in [6, 6.07) is 5.80. The molecule has 0 saturated heterocycles. The molecule has 0 amide bonds. The van der Waals surface area contributed by atoms with Crippen LogP contribution in [0.5, 0.6) is 0 Å². The van der Waals surface area contributed by atoms with Gasteiger partial charge in [0, 0.05) is 5.54 Å². The summed E-state index contributed by atoms with van der Waals surface area (Å²) in [5.74, 6) is 0. The predicted molar refractivity (Wildman–Crippen MR) is 64.9 cm³/mol. The minimum absolute atomic E-state index is 0.215. The lowest BCUT2D eigenvalue weighted by atomic mass is 9.75.